The Balaban J connectivity index is 1.83. The number of aliphatic hydroxyl groups excluding tert-OH is 1. The molecule has 0 aromatic heterocycles. The van der Waals surface area contributed by atoms with Crippen LogP contribution in [0.25, 0.3) is 0 Å². The number of nitrogens with zero attached hydrogens (tertiary/aromatic N) is 1. The van der Waals surface area contributed by atoms with E-state index in [1.165, 1.54) is 0 Å². The van der Waals surface area contributed by atoms with Gasteiger partial charge < -0.3 is 25.2 Å². The molecule has 1 unspecified atom stereocenters. The molecule has 0 saturated carbocycles. The van der Waals surface area contributed by atoms with Crippen LogP contribution in [-0.4, -0.2) is 52.5 Å². The van der Waals surface area contributed by atoms with Gasteiger partial charge in [-0.1, -0.05) is 30.3 Å². The normalized spacial score (nSPS) is 21.8. The summed E-state index contributed by atoms with van der Waals surface area (Å²) in [6.07, 6.45) is -1.46. The highest BCUT2D eigenvalue weighted by Gasteiger charge is 2.27. The first-order valence-electron chi connectivity index (χ1n) is 7.17. The van der Waals surface area contributed by atoms with Gasteiger partial charge in [0.1, 0.15) is 6.61 Å². The number of rotatable bonds is 3. The van der Waals surface area contributed by atoms with Gasteiger partial charge in [-0.05, 0) is 18.4 Å². The lowest BCUT2D eigenvalue weighted by molar-refractivity contribution is 0.102. The van der Waals surface area contributed by atoms with Gasteiger partial charge in [0.2, 0.25) is 0 Å². The fourth-order valence-corrected chi connectivity index (χ4v) is 2.38. The number of amides is 2. The van der Waals surface area contributed by atoms with E-state index in [1.807, 2.05) is 30.3 Å². The van der Waals surface area contributed by atoms with Crippen LogP contribution in [0.2, 0.25) is 0 Å². The zero-order valence-corrected chi connectivity index (χ0v) is 12.1. The van der Waals surface area contributed by atoms with Gasteiger partial charge in [-0.25, -0.2) is 9.59 Å². The van der Waals surface area contributed by atoms with E-state index in [1.54, 1.807) is 0 Å². The minimum atomic E-state index is -1.11. The van der Waals surface area contributed by atoms with Crippen LogP contribution in [-0.2, 0) is 11.3 Å². The van der Waals surface area contributed by atoms with Crippen LogP contribution in [0.15, 0.2) is 30.3 Å². The molecule has 0 radical (unpaired) electrons. The number of benzene rings is 1. The van der Waals surface area contributed by atoms with E-state index in [0.29, 0.717) is 12.8 Å². The molecule has 7 heteroatoms. The van der Waals surface area contributed by atoms with Gasteiger partial charge in [-0.3, -0.25) is 0 Å². The first kappa shape index (κ1) is 16.1. The molecule has 3 N–H and O–H groups in total. The van der Waals surface area contributed by atoms with Gasteiger partial charge in [0.15, 0.2) is 0 Å². The number of ether oxygens (including phenoxy) is 1. The smallest absolute Gasteiger partial charge is 0.407 e. The Bertz CT molecular complexity index is 508. The summed E-state index contributed by atoms with van der Waals surface area (Å²) in [4.78, 5) is 24.0. The summed E-state index contributed by atoms with van der Waals surface area (Å²) in [6, 6.07) is 8.92. The van der Waals surface area contributed by atoms with Gasteiger partial charge >= 0.3 is 12.2 Å². The van der Waals surface area contributed by atoms with E-state index >= 15 is 0 Å². The molecule has 0 bridgehead atoms. The van der Waals surface area contributed by atoms with Crippen molar-refractivity contribution in [2.75, 3.05) is 13.1 Å². The molecule has 1 heterocycles. The summed E-state index contributed by atoms with van der Waals surface area (Å²) in [6.45, 7) is 0.365. The third-order valence-corrected chi connectivity index (χ3v) is 3.53. The average Bonchev–Trinajstić information content (AvgIpc) is 2.68. The summed E-state index contributed by atoms with van der Waals surface area (Å²) in [5, 5.41) is 21.4. The van der Waals surface area contributed by atoms with Gasteiger partial charge in [0.05, 0.1) is 12.1 Å². The van der Waals surface area contributed by atoms with Crippen LogP contribution < -0.4 is 5.32 Å². The molecule has 1 aliphatic rings. The number of likely N-dealkylation sites (tertiary alicyclic amines) is 1. The number of hydrogen-bond acceptors (Lipinski definition) is 4. The van der Waals surface area contributed by atoms with E-state index in [0.717, 1.165) is 10.5 Å². The Hall–Kier alpha value is -2.28. The Morgan fingerprint density at radius 3 is 2.64 bits per heavy atom. The molecular formula is C15H20N2O5. The first-order chi connectivity index (χ1) is 10.5. The number of carboxylic acid groups (broad SMARTS) is 1. The third kappa shape index (κ3) is 4.92. The summed E-state index contributed by atoms with van der Waals surface area (Å²) in [7, 11) is 0. The van der Waals surface area contributed by atoms with Crippen molar-refractivity contribution >= 4 is 12.2 Å². The number of carbonyl (C=O) groups excluding carboxylic acids is 1. The molecule has 1 aliphatic heterocycles. The molecule has 1 aromatic rings. The van der Waals surface area contributed by atoms with Crippen molar-refractivity contribution in [3.05, 3.63) is 35.9 Å². The van der Waals surface area contributed by atoms with E-state index < -0.39 is 18.3 Å². The van der Waals surface area contributed by atoms with Crippen LogP contribution in [0.4, 0.5) is 9.59 Å². The molecule has 1 saturated heterocycles. The first-order valence-corrected chi connectivity index (χ1v) is 7.17. The fraction of sp³-hybridized carbons (Fsp3) is 0.467. The molecule has 22 heavy (non-hydrogen) atoms. The van der Waals surface area contributed by atoms with Crippen LogP contribution in [0.1, 0.15) is 18.4 Å². The van der Waals surface area contributed by atoms with Gasteiger partial charge in [0.25, 0.3) is 0 Å². The van der Waals surface area contributed by atoms with Gasteiger partial charge in [0, 0.05) is 13.1 Å². The van der Waals surface area contributed by atoms with Gasteiger partial charge in [-0.15, -0.1) is 0 Å². The SMILES string of the molecule is O=C(N[C@H]1CCC(O)CN(C(=O)O)C1)OCc1ccccc1. The quantitative estimate of drug-likeness (QED) is 0.784. The summed E-state index contributed by atoms with van der Waals surface area (Å²) >= 11 is 0. The zero-order chi connectivity index (χ0) is 15.9. The molecule has 7 nitrogen and oxygen atoms in total. The highest BCUT2D eigenvalue weighted by molar-refractivity contribution is 5.68. The number of alkyl carbamates (subject to hydrolysis) is 1. The highest BCUT2D eigenvalue weighted by Crippen LogP contribution is 2.12. The second kappa shape index (κ2) is 7.65. The van der Waals surface area contributed by atoms with E-state index in [9.17, 15) is 14.7 Å². The number of carbonyl (C=O) groups is 2. The molecule has 0 aliphatic carbocycles. The van der Waals surface area contributed by atoms with Crippen molar-refractivity contribution < 1.29 is 24.5 Å². The topological polar surface area (TPSA) is 99.1 Å². The maximum Gasteiger partial charge on any atom is 0.407 e. The maximum absolute atomic E-state index is 11.8. The second-order valence-electron chi connectivity index (χ2n) is 5.32. The van der Waals surface area contributed by atoms with Crippen molar-refractivity contribution in [1.29, 1.82) is 0 Å². The molecule has 2 atom stereocenters. The number of β-amino-alcohol motifs (C(OH)–C–C–N with tert-alkyl or cyclic N) is 1. The molecular weight excluding hydrogens is 288 g/mol. The number of hydrogen-bond donors (Lipinski definition) is 3. The summed E-state index contributed by atoms with van der Waals surface area (Å²) < 4.78 is 5.12. The molecule has 2 amide bonds. The van der Waals surface area contributed by atoms with Crippen LogP contribution in [0.5, 0.6) is 0 Å². The molecule has 2 rings (SSSR count). The zero-order valence-electron chi connectivity index (χ0n) is 12.1. The molecule has 120 valence electrons. The fourth-order valence-electron chi connectivity index (χ4n) is 2.38. The summed E-state index contributed by atoms with van der Waals surface area (Å²) in [5.74, 6) is 0. The largest absolute Gasteiger partial charge is 0.465 e. The van der Waals surface area contributed by atoms with Crippen molar-refractivity contribution in [3.8, 4) is 0 Å². The number of aliphatic hydroxyl groups is 1. The Labute approximate surface area is 128 Å². The van der Waals surface area contributed by atoms with E-state index in [-0.39, 0.29) is 25.7 Å². The second-order valence-corrected chi connectivity index (χ2v) is 5.32. The average molecular weight is 308 g/mol. The maximum atomic E-state index is 11.8. The highest BCUT2D eigenvalue weighted by atomic mass is 16.5. The Kier molecular flexibility index (Phi) is 5.60. The van der Waals surface area contributed by atoms with Crippen LogP contribution >= 0.6 is 0 Å². The predicted octanol–water partition coefficient (Wildman–Crippen LogP) is 1.42. The molecule has 1 aromatic carbocycles. The lowest BCUT2D eigenvalue weighted by atomic mass is 10.1. The minimum absolute atomic E-state index is 0.0621. The van der Waals surface area contributed by atoms with Crippen molar-refractivity contribution in [1.82, 2.24) is 10.2 Å². The molecule has 0 spiro atoms. The Morgan fingerprint density at radius 1 is 1.23 bits per heavy atom. The lowest BCUT2D eigenvalue weighted by Gasteiger charge is -2.22. The van der Waals surface area contributed by atoms with Crippen molar-refractivity contribution in [3.63, 3.8) is 0 Å². The van der Waals surface area contributed by atoms with Gasteiger partial charge in [-0.2, -0.15) is 0 Å². The van der Waals surface area contributed by atoms with Crippen molar-refractivity contribution in [2.24, 2.45) is 0 Å². The van der Waals surface area contributed by atoms with Crippen molar-refractivity contribution in [2.45, 2.75) is 31.6 Å². The Morgan fingerprint density at radius 2 is 1.95 bits per heavy atom. The van der Waals surface area contributed by atoms with Crippen LogP contribution in [0.3, 0.4) is 0 Å². The predicted molar refractivity (Wildman–Crippen MR) is 78.4 cm³/mol. The third-order valence-electron chi connectivity index (χ3n) is 3.53. The van der Waals surface area contributed by atoms with Crippen LogP contribution in [0, 0.1) is 0 Å². The monoisotopic (exact) mass is 308 g/mol. The summed E-state index contributed by atoms with van der Waals surface area (Å²) in [5.41, 5.74) is 0.876. The standard InChI is InChI=1S/C15H20N2O5/c18-13-7-6-12(8-17(9-13)15(20)21)16-14(19)22-10-11-4-2-1-3-5-11/h1-5,12-13,18H,6-10H2,(H,16,19)(H,20,21)/t12-,13?/m0/s1. The number of nitrogens with one attached hydrogen (secondary N) is 1. The minimum Gasteiger partial charge on any atom is -0.465 e. The lowest BCUT2D eigenvalue weighted by Crippen LogP contribution is -2.45. The van der Waals surface area contributed by atoms with E-state index in [4.69, 9.17) is 9.84 Å². The molecule has 1 fully saturated rings. The van der Waals surface area contributed by atoms with E-state index in [2.05, 4.69) is 5.32 Å².